The van der Waals surface area contributed by atoms with Gasteiger partial charge in [-0.25, -0.2) is 4.98 Å². The highest BCUT2D eigenvalue weighted by Crippen LogP contribution is 2.31. The third kappa shape index (κ3) is 2.75. The number of para-hydroxylation sites is 1. The van der Waals surface area contributed by atoms with Crippen LogP contribution < -0.4 is 11.1 Å². The van der Waals surface area contributed by atoms with E-state index in [2.05, 4.69) is 4.98 Å². The molecule has 1 saturated heterocycles. The van der Waals surface area contributed by atoms with Gasteiger partial charge in [0.15, 0.2) is 0 Å². The second kappa shape index (κ2) is 6.50. The second-order valence-corrected chi connectivity index (χ2v) is 6.85. The minimum atomic E-state index is -0.329. The van der Waals surface area contributed by atoms with Crippen molar-refractivity contribution >= 4 is 16.8 Å². The summed E-state index contributed by atoms with van der Waals surface area (Å²) in [6.07, 6.45) is 3.12. The van der Waals surface area contributed by atoms with Crippen molar-refractivity contribution in [1.82, 2.24) is 19.0 Å². The highest BCUT2D eigenvalue weighted by Gasteiger charge is 2.34. The number of aryl methyl sites for hydroxylation is 1. The van der Waals surface area contributed by atoms with E-state index in [-0.39, 0.29) is 28.6 Å². The molecule has 0 spiro atoms. The Bertz CT molecular complexity index is 1160. The van der Waals surface area contributed by atoms with Gasteiger partial charge < -0.3 is 9.47 Å². The van der Waals surface area contributed by atoms with Crippen molar-refractivity contribution in [3.8, 4) is 0 Å². The van der Waals surface area contributed by atoms with Crippen LogP contribution in [0.25, 0.3) is 10.9 Å². The highest BCUT2D eigenvalue weighted by molar-refractivity contribution is 5.94. The van der Waals surface area contributed by atoms with Crippen molar-refractivity contribution in [2.45, 2.75) is 18.9 Å². The Morgan fingerprint density at radius 2 is 1.85 bits per heavy atom. The lowest BCUT2D eigenvalue weighted by atomic mass is 10.1. The van der Waals surface area contributed by atoms with Crippen molar-refractivity contribution in [2.75, 3.05) is 6.54 Å². The van der Waals surface area contributed by atoms with Crippen LogP contribution >= 0.6 is 0 Å². The van der Waals surface area contributed by atoms with Crippen LogP contribution in [-0.2, 0) is 14.1 Å². The molecule has 1 unspecified atom stereocenters. The van der Waals surface area contributed by atoms with Gasteiger partial charge in [-0.15, -0.1) is 0 Å². The molecule has 138 valence electrons. The summed E-state index contributed by atoms with van der Waals surface area (Å²) in [4.78, 5) is 44.5. The largest absolute Gasteiger partial charge is 0.328 e. The number of nitrogens with zero attached hydrogens (tertiary/aromatic N) is 4. The summed E-state index contributed by atoms with van der Waals surface area (Å²) in [5.41, 5.74) is 0.294. The average Bonchev–Trinajstić information content (AvgIpc) is 3.16. The quantitative estimate of drug-likeness (QED) is 0.692. The maximum absolute atomic E-state index is 13.1. The Balaban J connectivity index is 1.80. The topological polar surface area (TPSA) is 77.2 Å². The zero-order valence-corrected chi connectivity index (χ0v) is 15.3. The maximum Gasteiger partial charge on any atom is 0.263 e. The summed E-state index contributed by atoms with van der Waals surface area (Å²) in [5, 5.41) is 0.552. The number of carbonyl (C=O) groups excluding carboxylic acids is 1. The Morgan fingerprint density at radius 1 is 1.07 bits per heavy atom. The molecule has 0 bridgehead atoms. The Labute approximate surface area is 155 Å². The first-order chi connectivity index (χ1) is 13.0. The van der Waals surface area contributed by atoms with Crippen molar-refractivity contribution in [1.29, 1.82) is 0 Å². The molecule has 2 aromatic heterocycles. The molecule has 1 aliphatic heterocycles. The van der Waals surface area contributed by atoms with Crippen LogP contribution in [0.5, 0.6) is 0 Å². The van der Waals surface area contributed by atoms with Gasteiger partial charge in [-0.2, -0.15) is 0 Å². The summed E-state index contributed by atoms with van der Waals surface area (Å²) in [7, 11) is 3.30. The Kier molecular flexibility index (Phi) is 4.14. The van der Waals surface area contributed by atoms with Gasteiger partial charge in [0.1, 0.15) is 11.4 Å². The third-order valence-corrected chi connectivity index (χ3v) is 5.18. The molecule has 1 atom stereocenters. The van der Waals surface area contributed by atoms with Gasteiger partial charge in [-0.3, -0.25) is 19.0 Å². The van der Waals surface area contributed by atoms with Gasteiger partial charge in [-0.05, 0) is 37.1 Å². The van der Waals surface area contributed by atoms with Crippen LogP contribution in [-0.4, -0.2) is 31.5 Å². The average molecular weight is 364 g/mol. The summed E-state index contributed by atoms with van der Waals surface area (Å²) in [5.74, 6) is 0.235. The van der Waals surface area contributed by atoms with Crippen LogP contribution in [0.4, 0.5) is 0 Å². The monoisotopic (exact) mass is 364 g/mol. The van der Waals surface area contributed by atoms with E-state index in [4.69, 9.17) is 0 Å². The lowest BCUT2D eigenvalue weighted by Gasteiger charge is -2.25. The van der Waals surface area contributed by atoms with E-state index in [1.165, 1.54) is 9.13 Å². The number of aromatic nitrogens is 3. The van der Waals surface area contributed by atoms with E-state index < -0.39 is 0 Å². The van der Waals surface area contributed by atoms with Crippen molar-refractivity contribution in [2.24, 2.45) is 14.1 Å². The molecule has 1 aromatic carbocycles. The fraction of sp³-hybridized carbons (Fsp3) is 0.300. The van der Waals surface area contributed by atoms with Gasteiger partial charge in [-0.1, -0.05) is 12.1 Å². The number of carbonyl (C=O) groups is 1. The minimum Gasteiger partial charge on any atom is -0.328 e. The predicted octanol–water partition coefficient (Wildman–Crippen LogP) is 1.61. The summed E-state index contributed by atoms with van der Waals surface area (Å²) < 4.78 is 2.91. The fourth-order valence-corrected chi connectivity index (χ4v) is 3.73. The number of likely N-dealkylation sites (tertiary alicyclic amines) is 1. The SMILES string of the molecule is Cn1cccc(C(=O)N2CCCC2c2nc3ccccc3c(=O)n2C)c1=O. The molecule has 4 rings (SSSR count). The van der Waals surface area contributed by atoms with Gasteiger partial charge in [0, 0.05) is 26.8 Å². The van der Waals surface area contributed by atoms with E-state index in [0.717, 1.165) is 6.42 Å². The van der Waals surface area contributed by atoms with Gasteiger partial charge in [0.2, 0.25) is 0 Å². The van der Waals surface area contributed by atoms with Gasteiger partial charge in [0.25, 0.3) is 17.0 Å². The number of fused-ring (bicyclic) bond motifs is 1. The second-order valence-electron chi connectivity index (χ2n) is 6.85. The molecule has 1 fully saturated rings. The molecule has 1 amide bonds. The number of hydrogen-bond acceptors (Lipinski definition) is 4. The van der Waals surface area contributed by atoms with Gasteiger partial charge in [0.05, 0.1) is 16.9 Å². The summed E-state index contributed by atoms with van der Waals surface area (Å²) in [6, 6.07) is 10.1. The summed E-state index contributed by atoms with van der Waals surface area (Å²) in [6.45, 7) is 0.532. The number of amides is 1. The van der Waals surface area contributed by atoms with Gasteiger partial charge >= 0.3 is 0 Å². The van der Waals surface area contributed by atoms with E-state index in [1.54, 1.807) is 49.5 Å². The zero-order valence-electron chi connectivity index (χ0n) is 15.3. The number of pyridine rings is 1. The first-order valence-electron chi connectivity index (χ1n) is 8.91. The molecule has 1 aliphatic rings. The maximum atomic E-state index is 13.1. The molecule has 7 heteroatoms. The smallest absolute Gasteiger partial charge is 0.263 e. The predicted molar refractivity (Wildman–Crippen MR) is 102 cm³/mol. The number of rotatable bonds is 2. The normalized spacial score (nSPS) is 16.8. The Morgan fingerprint density at radius 3 is 2.67 bits per heavy atom. The zero-order chi connectivity index (χ0) is 19.1. The van der Waals surface area contributed by atoms with Crippen LogP contribution in [0.15, 0.2) is 52.2 Å². The Hall–Kier alpha value is -3.22. The molecular weight excluding hydrogens is 344 g/mol. The van der Waals surface area contributed by atoms with Crippen molar-refractivity contribution < 1.29 is 4.79 Å². The van der Waals surface area contributed by atoms with E-state index in [1.807, 2.05) is 12.1 Å². The van der Waals surface area contributed by atoms with Crippen molar-refractivity contribution in [3.63, 3.8) is 0 Å². The van der Waals surface area contributed by atoms with Crippen molar-refractivity contribution in [3.05, 3.63) is 74.7 Å². The first-order valence-corrected chi connectivity index (χ1v) is 8.91. The lowest BCUT2D eigenvalue weighted by Crippen LogP contribution is -2.38. The fourth-order valence-electron chi connectivity index (χ4n) is 3.73. The molecule has 7 nitrogen and oxygen atoms in total. The van der Waals surface area contributed by atoms with Crippen LogP contribution in [0.3, 0.4) is 0 Å². The number of hydrogen-bond donors (Lipinski definition) is 0. The van der Waals surface area contributed by atoms with Crippen LogP contribution in [0.2, 0.25) is 0 Å². The lowest BCUT2D eigenvalue weighted by molar-refractivity contribution is 0.0725. The first kappa shape index (κ1) is 17.2. The molecule has 0 saturated carbocycles. The minimum absolute atomic E-state index is 0.134. The third-order valence-electron chi connectivity index (χ3n) is 5.18. The molecule has 0 radical (unpaired) electrons. The van der Waals surface area contributed by atoms with E-state index in [0.29, 0.717) is 29.7 Å². The molecule has 3 heterocycles. The molecule has 0 aliphatic carbocycles. The van der Waals surface area contributed by atoms with Crippen LogP contribution in [0.1, 0.15) is 35.1 Å². The molecule has 27 heavy (non-hydrogen) atoms. The van der Waals surface area contributed by atoms with Crippen LogP contribution in [0, 0.1) is 0 Å². The van der Waals surface area contributed by atoms with E-state index in [9.17, 15) is 14.4 Å². The number of benzene rings is 1. The molecule has 3 aromatic rings. The standard InChI is InChI=1S/C20H20N4O3/c1-22-11-5-8-14(18(22)25)20(27)24-12-6-10-16(24)17-21-15-9-4-3-7-13(15)19(26)23(17)2/h3-5,7-9,11,16H,6,10,12H2,1-2H3. The molecular formula is C20H20N4O3. The summed E-state index contributed by atoms with van der Waals surface area (Å²) >= 11 is 0. The molecule has 0 N–H and O–H groups in total. The van der Waals surface area contributed by atoms with E-state index >= 15 is 0 Å². The highest BCUT2D eigenvalue weighted by atomic mass is 16.2.